The summed E-state index contributed by atoms with van der Waals surface area (Å²) in [6, 6.07) is 7.35. The van der Waals surface area contributed by atoms with Gasteiger partial charge < -0.3 is 9.67 Å². The normalized spacial score (nSPS) is 10.7. The molecule has 0 aliphatic rings. The van der Waals surface area contributed by atoms with Gasteiger partial charge in [0.15, 0.2) is 0 Å². The van der Waals surface area contributed by atoms with Gasteiger partial charge in [0, 0.05) is 16.9 Å². The van der Waals surface area contributed by atoms with Gasteiger partial charge in [-0.25, -0.2) is 4.79 Å². The topological polar surface area (TPSA) is 42.2 Å². The number of benzene rings is 1. The molecule has 0 atom stereocenters. The Balaban J connectivity index is 2.87. The molecule has 72 valence electrons. The Hall–Kier alpha value is -1.29. The first-order valence-corrected chi connectivity index (χ1v) is 4.88. The van der Waals surface area contributed by atoms with Crippen molar-refractivity contribution in [3.63, 3.8) is 0 Å². The van der Waals surface area contributed by atoms with Gasteiger partial charge in [-0.05, 0) is 28.1 Å². The summed E-state index contributed by atoms with van der Waals surface area (Å²) in [5, 5.41) is 9.85. The van der Waals surface area contributed by atoms with Crippen LogP contribution in [0.3, 0.4) is 0 Å². The number of hydrogen-bond donors (Lipinski definition) is 1. The summed E-state index contributed by atoms with van der Waals surface area (Å²) in [5.74, 6) is -0.907. The number of aromatic carboxylic acids is 1. The summed E-state index contributed by atoms with van der Waals surface area (Å²) in [7, 11) is 1.75. The average Bonchev–Trinajstić information content (AvgIpc) is 2.45. The Morgan fingerprint density at radius 3 is 2.79 bits per heavy atom. The molecule has 0 radical (unpaired) electrons. The van der Waals surface area contributed by atoms with E-state index in [0.29, 0.717) is 5.69 Å². The van der Waals surface area contributed by atoms with Crippen molar-refractivity contribution in [2.45, 2.75) is 0 Å². The maximum atomic E-state index is 10.9. The highest BCUT2D eigenvalue weighted by Gasteiger charge is 2.12. The molecule has 1 aromatic carbocycles. The second-order valence-corrected chi connectivity index (χ2v) is 3.93. The number of halogens is 1. The Bertz CT molecular complexity index is 516. The van der Waals surface area contributed by atoms with Gasteiger partial charge in [-0.1, -0.05) is 12.1 Å². The minimum atomic E-state index is -0.907. The molecule has 0 aliphatic carbocycles. The van der Waals surface area contributed by atoms with Gasteiger partial charge in [0.25, 0.3) is 0 Å². The van der Waals surface area contributed by atoms with E-state index in [4.69, 9.17) is 5.11 Å². The summed E-state index contributed by atoms with van der Waals surface area (Å²) in [6.45, 7) is 0. The zero-order chi connectivity index (χ0) is 10.3. The number of rotatable bonds is 1. The number of nitrogens with zero attached hydrogens (tertiary/aromatic N) is 1. The second-order valence-electron chi connectivity index (χ2n) is 3.07. The molecule has 0 bridgehead atoms. The molecule has 3 nitrogen and oxygen atoms in total. The monoisotopic (exact) mass is 253 g/mol. The van der Waals surface area contributed by atoms with Crippen molar-refractivity contribution in [1.82, 2.24) is 4.57 Å². The number of para-hydroxylation sites is 1. The number of carboxylic acids is 1. The van der Waals surface area contributed by atoms with E-state index in [-0.39, 0.29) is 0 Å². The van der Waals surface area contributed by atoms with Crippen molar-refractivity contribution in [1.29, 1.82) is 0 Å². The van der Waals surface area contributed by atoms with E-state index in [1.165, 1.54) is 0 Å². The molecule has 0 saturated carbocycles. The van der Waals surface area contributed by atoms with Gasteiger partial charge in [0.2, 0.25) is 0 Å². The molecule has 0 aliphatic heterocycles. The van der Waals surface area contributed by atoms with Crippen LogP contribution in [0.5, 0.6) is 0 Å². The van der Waals surface area contributed by atoms with Crippen LogP contribution in [0.25, 0.3) is 10.9 Å². The van der Waals surface area contributed by atoms with E-state index in [1.807, 2.05) is 18.2 Å². The van der Waals surface area contributed by atoms with E-state index in [1.54, 1.807) is 17.7 Å². The molecule has 2 aromatic rings. The first-order chi connectivity index (χ1) is 6.61. The van der Waals surface area contributed by atoms with Crippen LogP contribution in [0.2, 0.25) is 0 Å². The highest BCUT2D eigenvalue weighted by atomic mass is 79.9. The summed E-state index contributed by atoms with van der Waals surface area (Å²) in [5.41, 5.74) is 1.21. The summed E-state index contributed by atoms with van der Waals surface area (Å²) in [4.78, 5) is 10.9. The van der Waals surface area contributed by atoms with Gasteiger partial charge in [-0.15, -0.1) is 0 Å². The maximum absolute atomic E-state index is 10.9. The first-order valence-electron chi connectivity index (χ1n) is 4.08. The Kier molecular flexibility index (Phi) is 2.07. The molecule has 1 aromatic heterocycles. The van der Waals surface area contributed by atoms with Crippen molar-refractivity contribution >= 4 is 32.8 Å². The van der Waals surface area contributed by atoms with Crippen molar-refractivity contribution in [2.75, 3.05) is 0 Å². The number of fused-ring (bicyclic) bond motifs is 1. The summed E-state index contributed by atoms with van der Waals surface area (Å²) >= 11 is 3.40. The smallest absolute Gasteiger partial charge is 0.352 e. The van der Waals surface area contributed by atoms with Crippen LogP contribution in [-0.4, -0.2) is 15.6 Å². The van der Waals surface area contributed by atoms with Crippen LogP contribution in [0, 0.1) is 0 Å². The molecule has 0 amide bonds. The standard InChI is InChI=1S/C10H8BrNO2/c1-12-8(10(13)14)5-6-3-2-4-7(11)9(6)12/h2-5H,1H3,(H,13,14). The van der Waals surface area contributed by atoms with E-state index in [2.05, 4.69) is 15.9 Å². The van der Waals surface area contributed by atoms with Crippen LogP contribution < -0.4 is 0 Å². The fourth-order valence-corrected chi connectivity index (χ4v) is 2.22. The van der Waals surface area contributed by atoms with Crippen molar-refractivity contribution < 1.29 is 9.90 Å². The van der Waals surface area contributed by atoms with Gasteiger partial charge in [-0.3, -0.25) is 0 Å². The lowest BCUT2D eigenvalue weighted by Crippen LogP contribution is -2.03. The molecule has 0 unspecified atom stereocenters. The van der Waals surface area contributed by atoms with E-state index in [9.17, 15) is 4.79 Å². The number of carboxylic acid groups (broad SMARTS) is 1. The lowest BCUT2D eigenvalue weighted by atomic mass is 10.2. The highest BCUT2D eigenvalue weighted by molar-refractivity contribution is 9.10. The third-order valence-electron chi connectivity index (χ3n) is 2.23. The third-order valence-corrected chi connectivity index (χ3v) is 2.87. The van der Waals surface area contributed by atoms with Crippen LogP contribution in [0.1, 0.15) is 10.5 Å². The molecule has 1 heterocycles. The van der Waals surface area contributed by atoms with Gasteiger partial charge in [-0.2, -0.15) is 0 Å². The van der Waals surface area contributed by atoms with E-state index < -0.39 is 5.97 Å². The number of hydrogen-bond acceptors (Lipinski definition) is 1. The predicted molar refractivity (Wildman–Crippen MR) is 57.6 cm³/mol. The minimum absolute atomic E-state index is 0.298. The molecule has 0 saturated heterocycles. The maximum Gasteiger partial charge on any atom is 0.352 e. The quantitative estimate of drug-likeness (QED) is 0.849. The molecule has 4 heteroatoms. The van der Waals surface area contributed by atoms with E-state index >= 15 is 0 Å². The Morgan fingerprint density at radius 2 is 2.21 bits per heavy atom. The Morgan fingerprint density at radius 1 is 1.50 bits per heavy atom. The molecule has 1 N–H and O–H groups in total. The van der Waals surface area contributed by atoms with Gasteiger partial charge in [0.1, 0.15) is 5.69 Å². The number of carbonyl (C=O) groups is 1. The molecule has 0 fully saturated rings. The minimum Gasteiger partial charge on any atom is -0.477 e. The van der Waals surface area contributed by atoms with Crippen LogP contribution in [0.15, 0.2) is 28.7 Å². The number of aromatic nitrogens is 1. The summed E-state index contributed by atoms with van der Waals surface area (Å²) in [6.07, 6.45) is 0. The fourth-order valence-electron chi connectivity index (χ4n) is 1.57. The van der Waals surface area contributed by atoms with Gasteiger partial charge in [0.05, 0.1) is 5.52 Å². The fraction of sp³-hybridized carbons (Fsp3) is 0.100. The lowest BCUT2D eigenvalue weighted by molar-refractivity contribution is 0.0687. The molecule has 0 spiro atoms. The third kappa shape index (κ3) is 1.23. The number of aryl methyl sites for hydroxylation is 1. The van der Waals surface area contributed by atoms with Crippen LogP contribution in [0.4, 0.5) is 0 Å². The molecule has 14 heavy (non-hydrogen) atoms. The largest absolute Gasteiger partial charge is 0.477 e. The van der Waals surface area contributed by atoms with Crippen LogP contribution in [-0.2, 0) is 7.05 Å². The molecular weight excluding hydrogens is 246 g/mol. The molecular formula is C10H8BrNO2. The van der Waals surface area contributed by atoms with Gasteiger partial charge >= 0.3 is 5.97 Å². The van der Waals surface area contributed by atoms with Crippen LogP contribution >= 0.6 is 15.9 Å². The highest BCUT2D eigenvalue weighted by Crippen LogP contribution is 2.26. The molecule has 2 rings (SSSR count). The van der Waals surface area contributed by atoms with Crippen molar-refractivity contribution in [3.8, 4) is 0 Å². The van der Waals surface area contributed by atoms with Crippen molar-refractivity contribution in [2.24, 2.45) is 7.05 Å². The SMILES string of the molecule is Cn1c(C(=O)O)cc2cccc(Br)c21. The van der Waals surface area contributed by atoms with Crippen molar-refractivity contribution in [3.05, 3.63) is 34.4 Å². The summed E-state index contributed by atoms with van der Waals surface area (Å²) < 4.78 is 2.58. The zero-order valence-corrected chi connectivity index (χ0v) is 9.08. The lowest BCUT2D eigenvalue weighted by Gasteiger charge is -2.00. The Labute approximate surface area is 89.1 Å². The second kappa shape index (κ2) is 3.13. The zero-order valence-electron chi connectivity index (χ0n) is 7.49. The van der Waals surface area contributed by atoms with E-state index in [0.717, 1.165) is 15.4 Å². The predicted octanol–water partition coefficient (Wildman–Crippen LogP) is 2.64. The average molecular weight is 254 g/mol. The first kappa shape index (κ1) is 9.27.